The molecule has 0 bridgehead atoms. The van der Waals surface area contributed by atoms with Crippen LogP contribution in [0.2, 0.25) is 0 Å². The molecule has 2 aliphatic heterocycles. The average molecular weight is 841 g/mol. The molecular formula is C49H57FN8O4. The molecule has 13 heteroatoms. The van der Waals surface area contributed by atoms with Crippen molar-refractivity contribution < 1.29 is 23.5 Å². The number of methoxy groups -OCH3 is 1. The normalized spacial score (nSPS) is 17.0. The number of H-pyrrole nitrogens is 2. The zero-order valence-corrected chi connectivity index (χ0v) is 36.1. The van der Waals surface area contributed by atoms with Crippen molar-refractivity contribution in [3.8, 4) is 33.6 Å². The molecular weight excluding hydrogens is 784 g/mol. The van der Waals surface area contributed by atoms with Gasteiger partial charge in [0, 0.05) is 12.1 Å². The van der Waals surface area contributed by atoms with Crippen molar-refractivity contribution in [3.63, 3.8) is 0 Å². The van der Waals surface area contributed by atoms with Crippen LogP contribution in [0.4, 0.5) is 4.39 Å². The van der Waals surface area contributed by atoms with Gasteiger partial charge in [0.15, 0.2) is 0 Å². The molecule has 4 aromatic carbocycles. The summed E-state index contributed by atoms with van der Waals surface area (Å²) in [5.41, 5.74) is 6.83. The van der Waals surface area contributed by atoms with Crippen molar-refractivity contribution in [2.24, 2.45) is 0 Å². The number of carbonyl (C=O) groups excluding carboxylic acids is 3. The molecule has 324 valence electrons. The monoisotopic (exact) mass is 840 g/mol. The van der Waals surface area contributed by atoms with Gasteiger partial charge in [0.05, 0.1) is 49.0 Å². The number of imidazole rings is 2. The fourth-order valence-electron chi connectivity index (χ4n) is 8.16. The molecule has 0 spiro atoms. The topological polar surface area (TPSA) is 140 Å². The highest BCUT2D eigenvalue weighted by atomic mass is 19.1. The molecule has 0 unspecified atom stereocenters. The van der Waals surface area contributed by atoms with Crippen LogP contribution in [0.5, 0.6) is 0 Å². The van der Waals surface area contributed by atoms with E-state index < -0.39 is 0 Å². The molecule has 12 nitrogen and oxygen atoms in total. The van der Waals surface area contributed by atoms with Crippen LogP contribution in [-0.4, -0.2) is 101 Å². The van der Waals surface area contributed by atoms with Gasteiger partial charge in [-0.05, 0) is 99.9 Å². The Kier molecular flexibility index (Phi) is 16.1. The highest BCUT2D eigenvalue weighted by Crippen LogP contribution is 2.36. The molecule has 1 amide bonds. The average Bonchev–Trinajstić information content (AvgIpc) is 4.16. The van der Waals surface area contributed by atoms with Gasteiger partial charge in [-0.3, -0.25) is 19.4 Å². The number of amides is 1. The van der Waals surface area contributed by atoms with Crippen LogP contribution in [0.3, 0.4) is 0 Å². The largest absolute Gasteiger partial charge is 0.471 e. The maximum atomic E-state index is 15.4. The smallest absolute Gasteiger partial charge is 0.292 e. The molecule has 0 saturated carbocycles. The molecule has 3 N–H and O–H groups in total. The third-order valence-electron chi connectivity index (χ3n) is 11.7. The molecule has 4 atom stereocenters. The third-order valence-corrected chi connectivity index (χ3v) is 11.7. The first kappa shape index (κ1) is 45.3. The van der Waals surface area contributed by atoms with E-state index in [1.165, 1.54) is 7.11 Å². The lowest BCUT2D eigenvalue weighted by atomic mass is 10.0. The van der Waals surface area contributed by atoms with Gasteiger partial charge < -0.3 is 29.7 Å². The number of likely N-dealkylation sites (tertiary alicyclic amines) is 2. The fraction of sp³-hybridized carbons (Fsp3) is 0.327. The van der Waals surface area contributed by atoms with Crippen molar-refractivity contribution in [1.82, 2.24) is 40.0 Å². The lowest BCUT2D eigenvalue weighted by molar-refractivity contribution is -0.138. The van der Waals surface area contributed by atoms with Gasteiger partial charge >= 0.3 is 0 Å². The van der Waals surface area contributed by atoms with Gasteiger partial charge in [-0.1, -0.05) is 97.9 Å². The Bertz CT molecular complexity index is 2340. The summed E-state index contributed by atoms with van der Waals surface area (Å²) in [5, 5.41) is 2.90. The first-order valence-electron chi connectivity index (χ1n) is 21.1. The van der Waals surface area contributed by atoms with Gasteiger partial charge in [0.1, 0.15) is 29.8 Å². The van der Waals surface area contributed by atoms with E-state index in [0.29, 0.717) is 24.3 Å². The second-order valence-electron chi connectivity index (χ2n) is 15.5. The van der Waals surface area contributed by atoms with Gasteiger partial charge in [0.25, 0.3) is 6.47 Å². The Morgan fingerprint density at radius 3 is 1.98 bits per heavy atom. The highest BCUT2D eigenvalue weighted by Gasteiger charge is 2.37. The minimum Gasteiger partial charge on any atom is -0.471 e. The second kappa shape index (κ2) is 22.0. The van der Waals surface area contributed by atoms with Crippen LogP contribution in [0.15, 0.2) is 116 Å². The van der Waals surface area contributed by atoms with E-state index in [-0.39, 0.29) is 35.9 Å². The van der Waals surface area contributed by atoms with E-state index in [2.05, 4.69) is 48.8 Å². The highest BCUT2D eigenvalue weighted by molar-refractivity contribution is 5.84. The van der Waals surface area contributed by atoms with Gasteiger partial charge in [0.2, 0.25) is 5.91 Å². The predicted octanol–water partition coefficient (Wildman–Crippen LogP) is 8.33. The minimum atomic E-state index is -0.335. The Labute approximate surface area is 363 Å². The van der Waals surface area contributed by atoms with Crippen molar-refractivity contribution in [3.05, 3.63) is 144 Å². The zero-order chi connectivity index (χ0) is 44.0. The summed E-state index contributed by atoms with van der Waals surface area (Å²) in [6.07, 6.45) is 8.49. The van der Waals surface area contributed by atoms with Crippen molar-refractivity contribution >= 4 is 18.7 Å². The summed E-state index contributed by atoms with van der Waals surface area (Å²) in [5.74, 6) is 1.53. The molecule has 2 aliphatic rings. The van der Waals surface area contributed by atoms with Crippen molar-refractivity contribution in [2.75, 3.05) is 47.9 Å². The number of aromatic amines is 2. The number of aldehydes is 1. The van der Waals surface area contributed by atoms with E-state index in [0.717, 1.165) is 90.2 Å². The second-order valence-corrected chi connectivity index (χ2v) is 15.5. The first-order chi connectivity index (χ1) is 30.2. The Hall–Kier alpha value is -6.28. The van der Waals surface area contributed by atoms with Gasteiger partial charge in [-0.15, -0.1) is 0 Å². The number of rotatable bonds is 13. The molecule has 4 heterocycles. The van der Waals surface area contributed by atoms with Crippen LogP contribution in [0.25, 0.3) is 33.6 Å². The van der Waals surface area contributed by atoms with Crippen LogP contribution < -0.4 is 5.32 Å². The molecule has 2 aromatic heterocycles. The first-order valence-corrected chi connectivity index (χ1v) is 21.1. The number of likely N-dealkylation sites (N-methyl/N-ethyl adjacent to an activating group) is 2. The van der Waals surface area contributed by atoms with E-state index >= 15 is 4.39 Å². The molecule has 6 aromatic rings. The minimum absolute atomic E-state index is 0.0986. The molecule has 0 aliphatic carbocycles. The maximum absolute atomic E-state index is 15.4. The number of ether oxygens (including phenoxy) is 1. The lowest BCUT2D eigenvalue weighted by Crippen LogP contribution is -2.41. The summed E-state index contributed by atoms with van der Waals surface area (Å²) >= 11 is 0. The van der Waals surface area contributed by atoms with Crippen LogP contribution in [0, 0.1) is 5.82 Å². The Morgan fingerprint density at radius 2 is 1.40 bits per heavy atom. The van der Waals surface area contributed by atoms with E-state index in [1.54, 1.807) is 19.3 Å². The SMILES string of the molecule is CCN(C)[C@@H](C(=O)N1CCC[C@H]1c1ncc(-c2ccc(-c3ccc(-c4cnc([C@@H]5CCCN5C)[nH]4)c(F)c3)cc2)[nH]1)c1ccccc1.CN[C@@H](C=O)c1ccccc1.COC=O. The number of nitrogens with zero attached hydrogens (tertiary/aromatic N) is 5. The quantitative estimate of drug-likeness (QED) is 0.0980. The van der Waals surface area contributed by atoms with E-state index in [4.69, 9.17) is 9.78 Å². The lowest BCUT2D eigenvalue weighted by Gasteiger charge is -2.32. The van der Waals surface area contributed by atoms with E-state index in [9.17, 15) is 9.59 Å². The molecule has 8 rings (SSSR count). The summed E-state index contributed by atoms with van der Waals surface area (Å²) in [6.45, 7) is 4.98. The summed E-state index contributed by atoms with van der Waals surface area (Å²) in [4.78, 5) is 55.9. The summed E-state index contributed by atoms with van der Waals surface area (Å²) < 4.78 is 19.2. The van der Waals surface area contributed by atoms with Crippen molar-refractivity contribution in [2.45, 2.75) is 56.8 Å². The summed E-state index contributed by atoms with van der Waals surface area (Å²) in [7, 11) is 7.19. The van der Waals surface area contributed by atoms with Crippen LogP contribution >= 0.6 is 0 Å². The molecule has 0 radical (unpaired) electrons. The summed E-state index contributed by atoms with van der Waals surface area (Å²) in [6, 6.07) is 32.7. The predicted molar refractivity (Wildman–Crippen MR) is 240 cm³/mol. The Balaban J connectivity index is 0.000000364. The number of nitrogens with one attached hydrogen (secondary N) is 3. The molecule has 2 saturated heterocycles. The number of halogens is 1. The van der Waals surface area contributed by atoms with Crippen molar-refractivity contribution in [1.29, 1.82) is 0 Å². The standard InChI is InChI=1S/C38H42FN7O.C9H11NO.C2H4O2/c1-4-44(2)35(27-10-6-5-7-11-27)38(47)46-21-9-13-34(46)37-40-23-31(42-37)26-16-14-25(15-17-26)28-18-19-29(30(39)22-28)32-24-41-36(43-32)33-12-8-20-45(33)3;1-10-9(7-11)8-5-3-2-4-6-8;1-4-2-3/h5-7,10-11,14-19,22-24,33-35H,4,8-9,12-13,20-21H2,1-3H3,(H,40,42)(H,41,43);2-7,9-10H,1H3;2H,1H3/t33-,34-,35+;9-;/m00./s1. The van der Waals surface area contributed by atoms with Gasteiger partial charge in [-0.25, -0.2) is 14.4 Å². The third kappa shape index (κ3) is 10.8. The van der Waals surface area contributed by atoms with Gasteiger partial charge in [-0.2, -0.15) is 0 Å². The Morgan fingerprint density at radius 1 is 0.839 bits per heavy atom. The van der Waals surface area contributed by atoms with Crippen LogP contribution in [-0.2, 0) is 19.1 Å². The number of hydrogen-bond donors (Lipinski definition) is 3. The number of benzene rings is 4. The molecule has 2 fully saturated rings. The number of carbonyl (C=O) groups is 3. The zero-order valence-electron chi connectivity index (χ0n) is 36.1. The fourth-order valence-corrected chi connectivity index (χ4v) is 8.16. The van der Waals surface area contributed by atoms with Crippen LogP contribution in [0.1, 0.15) is 79.6 Å². The van der Waals surface area contributed by atoms with E-state index in [1.807, 2.05) is 115 Å². The maximum Gasteiger partial charge on any atom is 0.292 e. The number of hydrogen-bond acceptors (Lipinski definition) is 9. The molecule has 62 heavy (non-hydrogen) atoms. The number of aromatic nitrogens is 4.